The van der Waals surface area contributed by atoms with Crippen LogP contribution in [0.2, 0.25) is 18.1 Å². The fraction of sp³-hybridized carbons (Fsp3) is 0.611. The third kappa shape index (κ3) is 8.00. The summed E-state index contributed by atoms with van der Waals surface area (Å²) in [6.45, 7) is 27.4. The molecule has 4 aromatic rings. The number of likely N-dealkylation sites (N-methyl/N-ethyl adjacent to an activating group) is 1. The molecule has 0 amide bonds. The number of nitrogens with zero attached hydrogens (tertiary/aromatic N) is 8. The highest BCUT2D eigenvalue weighted by Crippen LogP contribution is 2.38. The van der Waals surface area contributed by atoms with Crippen molar-refractivity contribution in [3.8, 4) is 17.1 Å². The maximum atomic E-state index is 6.66. The van der Waals surface area contributed by atoms with Crippen LogP contribution >= 0.6 is 22.6 Å². The van der Waals surface area contributed by atoms with Crippen LogP contribution in [0.15, 0.2) is 12.6 Å². The molecule has 2 atom stereocenters. The van der Waals surface area contributed by atoms with Gasteiger partial charge in [-0.3, -0.25) is 14.6 Å². The molecule has 13 heteroatoms. The third-order valence-electron chi connectivity index (χ3n) is 10.0. The first-order valence-corrected chi connectivity index (χ1v) is 21.4. The van der Waals surface area contributed by atoms with Crippen LogP contribution in [0, 0.1) is 24.3 Å². The lowest BCUT2D eigenvalue weighted by Gasteiger charge is -2.36. The zero-order valence-electron chi connectivity index (χ0n) is 31.4. The van der Waals surface area contributed by atoms with E-state index in [0.29, 0.717) is 19.0 Å². The molecule has 0 saturated carbocycles. The van der Waals surface area contributed by atoms with Crippen LogP contribution in [0.1, 0.15) is 81.7 Å². The Balaban J connectivity index is 1.30. The molecule has 1 aliphatic rings. The van der Waals surface area contributed by atoms with Gasteiger partial charge in [0.05, 0.1) is 56.3 Å². The molecule has 0 radical (unpaired) electrons. The van der Waals surface area contributed by atoms with Crippen molar-refractivity contribution in [1.82, 2.24) is 39.2 Å². The second-order valence-electron chi connectivity index (χ2n) is 15.0. The molecule has 49 heavy (non-hydrogen) atoms. The van der Waals surface area contributed by atoms with Crippen LogP contribution in [-0.2, 0) is 29.3 Å². The molecule has 11 nitrogen and oxygen atoms in total. The molecule has 0 aliphatic carbocycles. The second kappa shape index (κ2) is 14.9. The summed E-state index contributed by atoms with van der Waals surface area (Å²) in [4.78, 5) is 7.35. The summed E-state index contributed by atoms with van der Waals surface area (Å²) >= 11 is 2.43. The Morgan fingerprint density at radius 3 is 2.55 bits per heavy atom. The number of ether oxygens (including phenoxy) is 2. The van der Waals surface area contributed by atoms with E-state index in [1.165, 1.54) is 9.26 Å². The van der Waals surface area contributed by atoms with E-state index in [1.807, 2.05) is 36.3 Å². The number of hydrogen-bond acceptors (Lipinski definition) is 8. The van der Waals surface area contributed by atoms with Gasteiger partial charge >= 0.3 is 0 Å². The van der Waals surface area contributed by atoms with E-state index in [4.69, 9.17) is 34.2 Å². The molecule has 0 bridgehead atoms. The minimum Gasteiger partial charge on any atom is -0.473 e. The third-order valence-corrected chi connectivity index (χ3v) is 15.9. The van der Waals surface area contributed by atoms with Crippen LogP contribution in [0.25, 0.3) is 28.2 Å². The van der Waals surface area contributed by atoms with Gasteiger partial charge in [-0.25, -0.2) is 9.36 Å². The Labute approximate surface area is 306 Å². The molecule has 4 aromatic heterocycles. The summed E-state index contributed by atoms with van der Waals surface area (Å²) in [5.41, 5.74) is 7.51. The summed E-state index contributed by atoms with van der Waals surface area (Å²) in [5, 5.41) is 15.8. The molecule has 1 aliphatic heterocycles. The van der Waals surface area contributed by atoms with Gasteiger partial charge in [-0.05, 0) is 107 Å². The standard InChI is InChI=1S/C36H55IN8O3Si/c1-13-28-27-20-29(38-25(4)34(27)45(41-28)31-16-14-15-18-46-31)32-24(3)39-43(10)35(32)48-23(2)21-42(9)22-30-33(37)26(5)44(40-30)17-19-47-49(11,12)36(6,7)8/h13,20,23,31H,1,14-19,21-22H2,2-12H3/t23-,31?/m0/s1. The van der Waals surface area contributed by atoms with Gasteiger partial charge in [0.2, 0.25) is 5.88 Å². The van der Waals surface area contributed by atoms with E-state index in [1.54, 1.807) is 0 Å². The minimum atomic E-state index is -1.80. The zero-order valence-corrected chi connectivity index (χ0v) is 34.5. The lowest BCUT2D eigenvalue weighted by molar-refractivity contribution is -0.0368. The van der Waals surface area contributed by atoms with Crippen molar-refractivity contribution in [1.29, 1.82) is 0 Å². The van der Waals surface area contributed by atoms with Crippen molar-refractivity contribution in [2.75, 3.05) is 26.8 Å². The average Bonchev–Trinajstić information content (AvgIpc) is 3.63. The Morgan fingerprint density at radius 2 is 1.90 bits per heavy atom. The highest BCUT2D eigenvalue weighted by atomic mass is 127. The molecular weight excluding hydrogens is 747 g/mol. The van der Waals surface area contributed by atoms with E-state index in [2.05, 4.69) is 99.6 Å². The smallest absolute Gasteiger partial charge is 0.221 e. The summed E-state index contributed by atoms with van der Waals surface area (Å²) in [6, 6.07) is 2.09. The van der Waals surface area contributed by atoms with Crippen LogP contribution < -0.4 is 4.74 Å². The first kappa shape index (κ1) is 37.7. The number of rotatable bonds is 13. The molecular formula is C36H55IN8O3Si. The van der Waals surface area contributed by atoms with Gasteiger partial charge in [0.15, 0.2) is 14.5 Å². The van der Waals surface area contributed by atoms with Crippen LogP contribution in [0.4, 0.5) is 0 Å². The van der Waals surface area contributed by atoms with Crippen LogP contribution in [0.3, 0.4) is 0 Å². The molecule has 1 saturated heterocycles. The molecule has 1 unspecified atom stereocenters. The average molecular weight is 803 g/mol. The number of aromatic nitrogens is 7. The fourth-order valence-electron chi connectivity index (χ4n) is 6.34. The highest BCUT2D eigenvalue weighted by molar-refractivity contribution is 14.1. The molecule has 268 valence electrons. The first-order valence-electron chi connectivity index (χ1n) is 17.4. The lowest BCUT2D eigenvalue weighted by atomic mass is 10.1. The summed E-state index contributed by atoms with van der Waals surface area (Å²) < 4.78 is 26.3. The Hall–Kier alpha value is -2.59. The zero-order chi connectivity index (χ0) is 35.8. The number of hydrogen-bond donors (Lipinski definition) is 0. The van der Waals surface area contributed by atoms with Gasteiger partial charge in [0.25, 0.3) is 0 Å². The predicted molar refractivity (Wildman–Crippen MR) is 207 cm³/mol. The highest BCUT2D eigenvalue weighted by Gasteiger charge is 2.37. The largest absolute Gasteiger partial charge is 0.473 e. The van der Waals surface area contributed by atoms with E-state index < -0.39 is 8.32 Å². The van der Waals surface area contributed by atoms with Crippen molar-refractivity contribution < 1.29 is 13.9 Å². The predicted octanol–water partition coefficient (Wildman–Crippen LogP) is 7.82. The summed E-state index contributed by atoms with van der Waals surface area (Å²) in [6.07, 6.45) is 4.75. The molecule has 0 N–H and O–H groups in total. The summed E-state index contributed by atoms with van der Waals surface area (Å²) in [5.74, 6) is 0.698. The number of aryl methyl sites for hydroxylation is 3. The van der Waals surface area contributed by atoms with Gasteiger partial charge in [-0.2, -0.15) is 15.3 Å². The lowest BCUT2D eigenvalue weighted by Crippen LogP contribution is -2.41. The van der Waals surface area contributed by atoms with Crippen molar-refractivity contribution in [3.05, 3.63) is 44.7 Å². The maximum absolute atomic E-state index is 6.66. The number of halogens is 1. The molecule has 0 aromatic carbocycles. The van der Waals surface area contributed by atoms with Gasteiger partial charge in [0.1, 0.15) is 6.10 Å². The van der Waals surface area contributed by atoms with Crippen LogP contribution in [-0.4, -0.2) is 80.5 Å². The van der Waals surface area contributed by atoms with E-state index >= 15 is 0 Å². The molecule has 5 rings (SSSR count). The second-order valence-corrected chi connectivity index (χ2v) is 20.9. The SMILES string of the molecule is C=Cc1nn(C2CCCCO2)c2c(C)nc(-c3c(C)nn(C)c3O[C@@H](C)CN(C)Cc3nn(CCO[Si](C)(C)C(C)(C)C)c(C)c3I)cc12. The molecule has 5 heterocycles. The molecule has 1 fully saturated rings. The Kier molecular flexibility index (Phi) is 11.5. The quantitative estimate of drug-likeness (QED) is 0.0998. The minimum absolute atomic E-state index is 0.0875. The Morgan fingerprint density at radius 1 is 1.16 bits per heavy atom. The van der Waals surface area contributed by atoms with Gasteiger partial charge in [-0.15, -0.1) is 0 Å². The summed E-state index contributed by atoms with van der Waals surface area (Å²) in [7, 11) is 2.24. The van der Waals surface area contributed by atoms with E-state index in [-0.39, 0.29) is 17.4 Å². The van der Waals surface area contributed by atoms with Crippen molar-refractivity contribution >= 4 is 47.9 Å². The monoisotopic (exact) mass is 802 g/mol. The van der Waals surface area contributed by atoms with Crippen LogP contribution in [0.5, 0.6) is 5.88 Å². The van der Waals surface area contributed by atoms with Crippen molar-refractivity contribution in [2.24, 2.45) is 7.05 Å². The van der Waals surface area contributed by atoms with Gasteiger partial charge in [-0.1, -0.05) is 27.4 Å². The number of fused-ring (bicyclic) bond motifs is 1. The fourth-order valence-corrected chi connectivity index (χ4v) is 7.93. The van der Waals surface area contributed by atoms with Gasteiger partial charge in [0, 0.05) is 37.8 Å². The van der Waals surface area contributed by atoms with Gasteiger partial charge < -0.3 is 13.9 Å². The Bertz CT molecular complexity index is 1800. The number of pyridine rings is 1. The van der Waals surface area contributed by atoms with Crippen molar-refractivity contribution in [2.45, 2.75) is 111 Å². The first-order chi connectivity index (χ1) is 23.0. The van der Waals surface area contributed by atoms with Crippen molar-refractivity contribution in [3.63, 3.8) is 0 Å². The van der Waals surface area contributed by atoms with E-state index in [9.17, 15) is 0 Å². The maximum Gasteiger partial charge on any atom is 0.221 e. The normalized spacial score (nSPS) is 16.6. The topological polar surface area (TPSA) is 97.3 Å². The van der Waals surface area contributed by atoms with E-state index in [0.717, 1.165) is 83.9 Å². The molecule has 0 spiro atoms.